The topological polar surface area (TPSA) is 76.2 Å². The third-order valence-corrected chi connectivity index (χ3v) is 8.56. The molecule has 0 N–H and O–H groups in total. The van der Waals surface area contributed by atoms with Crippen LogP contribution in [0.4, 0.5) is 0 Å². The molecule has 1 heterocycles. The number of carbonyl (C=O) groups is 3. The SMILES string of the molecule is COc1ccc(C(=O)N2CC(=O)N(C3CCCCC3)C(=O)C23CCC(C(C)(C)C)CC3)c(OC)c1. The largest absolute Gasteiger partial charge is 0.497 e. The fourth-order valence-electron chi connectivity index (χ4n) is 6.36. The molecular weight excluding hydrogens is 444 g/mol. The first-order valence-electron chi connectivity index (χ1n) is 13.0. The predicted molar refractivity (Wildman–Crippen MR) is 133 cm³/mol. The first-order chi connectivity index (χ1) is 16.6. The molecule has 1 aliphatic heterocycles. The van der Waals surface area contributed by atoms with Gasteiger partial charge in [-0.3, -0.25) is 19.3 Å². The van der Waals surface area contributed by atoms with Crippen LogP contribution in [0.5, 0.6) is 11.5 Å². The van der Waals surface area contributed by atoms with Crippen LogP contribution in [0.25, 0.3) is 0 Å². The highest BCUT2D eigenvalue weighted by Gasteiger charge is 2.57. The third-order valence-electron chi connectivity index (χ3n) is 8.56. The molecule has 1 aromatic carbocycles. The van der Waals surface area contributed by atoms with E-state index < -0.39 is 5.54 Å². The number of imide groups is 1. The van der Waals surface area contributed by atoms with E-state index in [2.05, 4.69) is 20.8 Å². The molecule has 3 fully saturated rings. The van der Waals surface area contributed by atoms with Crippen molar-refractivity contribution in [3.05, 3.63) is 23.8 Å². The first kappa shape index (κ1) is 25.5. The van der Waals surface area contributed by atoms with E-state index in [-0.39, 0.29) is 35.7 Å². The summed E-state index contributed by atoms with van der Waals surface area (Å²) in [5.41, 5.74) is -0.515. The molecule has 0 radical (unpaired) electrons. The van der Waals surface area contributed by atoms with Gasteiger partial charge in [-0.1, -0.05) is 40.0 Å². The summed E-state index contributed by atoms with van der Waals surface area (Å²) in [4.78, 5) is 44.7. The number of piperazine rings is 1. The zero-order chi connectivity index (χ0) is 25.4. The Bertz CT molecular complexity index is 968. The minimum absolute atomic E-state index is 0.0475. The fraction of sp³-hybridized carbons (Fsp3) is 0.679. The minimum atomic E-state index is -0.991. The van der Waals surface area contributed by atoms with Crippen molar-refractivity contribution in [2.45, 2.75) is 90.1 Å². The Morgan fingerprint density at radius 1 is 0.971 bits per heavy atom. The van der Waals surface area contributed by atoms with Crippen LogP contribution >= 0.6 is 0 Å². The van der Waals surface area contributed by atoms with E-state index in [9.17, 15) is 14.4 Å². The van der Waals surface area contributed by atoms with Gasteiger partial charge >= 0.3 is 0 Å². The lowest BCUT2D eigenvalue weighted by molar-refractivity contribution is -0.168. The Labute approximate surface area is 209 Å². The van der Waals surface area contributed by atoms with Crippen LogP contribution < -0.4 is 9.47 Å². The van der Waals surface area contributed by atoms with Crippen molar-refractivity contribution in [1.29, 1.82) is 0 Å². The summed E-state index contributed by atoms with van der Waals surface area (Å²) in [7, 11) is 3.06. The average Bonchev–Trinajstić information content (AvgIpc) is 2.86. The summed E-state index contributed by atoms with van der Waals surface area (Å²) in [6.07, 6.45) is 7.79. The van der Waals surface area contributed by atoms with Crippen LogP contribution in [0.1, 0.15) is 88.9 Å². The van der Waals surface area contributed by atoms with E-state index in [0.29, 0.717) is 35.8 Å². The molecule has 0 atom stereocenters. The molecule has 7 heteroatoms. The number of methoxy groups -OCH3 is 2. The van der Waals surface area contributed by atoms with Gasteiger partial charge < -0.3 is 14.4 Å². The van der Waals surface area contributed by atoms with Gasteiger partial charge in [0.2, 0.25) is 5.91 Å². The Balaban J connectivity index is 1.72. The van der Waals surface area contributed by atoms with Crippen LogP contribution in [0.15, 0.2) is 18.2 Å². The summed E-state index contributed by atoms with van der Waals surface area (Å²) < 4.78 is 10.8. The molecule has 1 spiro atoms. The molecule has 0 aromatic heterocycles. The van der Waals surface area contributed by atoms with Gasteiger partial charge in [0.05, 0.1) is 19.8 Å². The monoisotopic (exact) mass is 484 g/mol. The maximum Gasteiger partial charge on any atom is 0.258 e. The zero-order valence-corrected chi connectivity index (χ0v) is 21.9. The number of amides is 3. The summed E-state index contributed by atoms with van der Waals surface area (Å²) in [5, 5.41) is 0. The van der Waals surface area contributed by atoms with E-state index in [1.165, 1.54) is 7.11 Å². The van der Waals surface area contributed by atoms with Gasteiger partial charge in [0, 0.05) is 12.1 Å². The molecule has 35 heavy (non-hydrogen) atoms. The number of hydrogen-bond donors (Lipinski definition) is 0. The standard InChI is InChI=1S/C28H40N2O5/c1-27(2,3)19-13-15-28(16-14-19)26(33)30(20-9-7-6-8-10-20)24(31)18-29(28)25(32)22-12-11-21(34-4)17-23(22)35-5/h11-12,17,19-20H,6-10,13-16,18H2,1-5H3. The molecule has 0 unspecified atom stereocenters. The molecule has 3 aliphatic rings. The van der Waals surface area contributed by atoms with Crippen molar-refractivity contribution >= 4 is 17.7 Å². The van der Waals surface area contributed by atoms with Crippen LogP contribution in [0.3, 0.4) is 0 Å². The van der Waals surface area contributed by atoms with Gasteiger partial charge in [0.25, 0.3) is 11.8 Å². The van der Waals surface area contributed by atoms with Gasteiger partial charge in [-0.2, -0.15) is 0 Å². The highest BCUT2D eigenvalue weighted by atomic mass is 16.5. The molecule has 4 rings (SSSR count). The molecule has 3 amide bonds. The summed E-state index contributed by atoms with van der Waals surface area (Å²) in [6.45, 7) is 6.64. The highest BCUT2D eigenvalue weighted by Crippen LogP contribution is 2.47. The number of benzene rings is 1. The molecule has 192 valence electrons. The Morgan fingerprint density at radius 2 is 1.63 bits per heavy atom. The van der Waals surface area contributed by atoms with Crippen molar-refractivity contribution in [2.24, 2.45) is 11.3 Å². The van der Waals surface area contributed by atoms with Crippen molar-refractivity contribution in [3.63, 3.8) is 0 Å². The second-order valence-corrected chi connectivity index (χ2v) is 11.5. The lowest BCUT2D eigenvalue weighted by atomic mass is 9.65. The summed E-state index contributed by atoms with van der Waals surface area (Å²) in [5.74, 6) is 0.661. The predicted octanol–water partition coefficient (Wildman–Crippen LogP) is 4.82. The van der Waals surface area contributed by atoms with Gasteiger partial charge in [0.15, 0.2) is 0 Å². The quantitative estimate of drug-likeness (QED) is 0.573. The summed E-state index contributed by atoms with van der Waals surface area (Å²) in [6, 6.07) is 4.99. The van der Waals surface area contributed by atoms with Crippen LogP contribution in [0.2, 0.25) is 0 Å². The van der Waals surface area contributed by atoms with Gasteiger partial charge in [-0.25, -0.2) is 0 Å². The summed E-state index contributed by atoms with van der Waals surface area (Å²) >= 11 is 0. The zero-order valence-electron chi connectivity index (χ0n) is 21.9. The first-order valence-corrected chi connectivity index (χ1v) is 13.0. The normalized spacial score (nSPS) is 26.3. The van der Waals surface area contributed by atoms with E-state index in [1.807, 2.05) is 0 Å². The second kappa shape index (κ2) is 9.82. The molecule has 2 aliphatic carbocycles. The van der Waals surface area contributed by atoms with Crippen molar-refractivity contribution in [2.75, 3.05) is 20.8 Å². The second-order valence-electron chi connectivity index (χ2n) is 11.5. The van der Waals surface area contributed by atoms with Gasteiger partial charge in [-0.15, -0.1) is 0 Å². The van der Waals surface area contributed by atoms with Crippen molar-refractivity contribution in [1.82, 2.24) is 9.80 Å². The molecule has 0 bridgehead atoms. The van der Waals surface area contributed by atoms with Crippen molar-refractivity contribution in [3.8, 4) is 11.5 Å². The Morgan fingerprint density at radius 3 is 2.20 bits per heavy atom. The minimum Gasteiger partial charge on any atom is -0.497 e. The van der Waals surface area contributed by atoms with Gasteiger partial charge in [0.1, 0.15) is 23.6 Å². The van der Waals surface area contributed by atoms with Crippen molar-refractivity contribution < 1.29 is 23.9 Å². The number of hydrogen-bond acceptors (Lipinski definition) is 5. The number of rotatable bonds is 4. The molecule has 1 aromatic rings. The Kier molecular flexibility index (Phi) is 7.16. The van der Waals surface area contributed by atoms with E-state index in [4.69, 9.17) is 9.47 Å². The molecular formula is C28H40N2O5. The molecule has 7 nitrogen and oxygen atoms in total. The number of nitrogens with zero attached hydrogens (tertiary/aromatic N) is 2. The van der Waals surface area contributed by atoms with E-state index in [0.717, 1.165) is 44.9 Å². The maximum atomic E-state index is 14.2. The maximum absolute atomic E-state index is 14.2. The van der Waals surface area contributed by atoms with E-state index in [1.54, 1.807) is 35.1 Å². The lowest BCUT2D eigenvalue weighted by Gasteiger charge is -2.54. The average molecular weight is 485 g/mol. The fourth-order valence-corrected chi connectivity index (χ4v) is 6.36. The molecule has 2 saturated carbocycles. The third kappa shape index (κ3) is 4.66. The van der Waals surface area contributed by atoms with Crippen LogP contribution in [0, 0.1) is 11.3 Å². The Hall–Kier alpha value is -2.57. The van der Waals surface area contributed by atoms with E-state index >= 15 is 0 Å². The van der Waals surface area contributed by atoms with Crippen LogP contribution in [-0.2, 0) is 9.59 Å². The number of ether oxygens (including phenoxy) is 2. The lowest BCUT2D eigenvalue weighted by Crippen LogP contribution is -2.71. The smallest absolute Gasteiger partial charge is 0.258 e. The molecule has 1 saturated heterocycles. The highest BCUT2D eigenvalue weighted by molar-refractivity contribution is 6.10. The van der Waals surface area contributed by atoms with Gasteiger partial charge in [-0.05, 0) is 62.0 Å². The van der Waals surface area contributed by atoms with Crippen LogP contribution in [-0.4, -0.2) is 59.9 Å². The number of carbonyl (C=O) groups excluding carboxylic acids is 3.